The van der Waals surface area contributed by atoms with Crippen molar-refractivity contribution < 1.29 is 18.1 Å². The molecule has 0 unspecified atom stereocenters. The Labute approximate surface area is 176 Å². The zero-order valence-corrected chi connectivity index (χ0v) is 16.5. The number of alkyl halides is 3. The van der Waals surface area contributed by atoms with Crippen LogP contribution < -0.4 is 10.1 Å². The summed E-state index contributed by atoms with van der Waals surface area (Å²) < 4.78 is 40.8. The lowest BCUT2D eigenvalue weighted by molar-refractivity contribution is -0.384. The molecule has 2 heterocycles. The Bertz CT molecular complexity index is 1390. The number of fused-ring (bicyclic) bond motifs is 1. The third kappa shape index (κ3) is 4.31. The van der Waals surface area contributed by atoms with Crippen LogP contribution in [0.25, 0.3) is 11.0 Å². The van der Waals surface area contributed by atoms with Gasteiger partial charge in [-0.25, -0.2) is 4.98 Å². The van der Waals surface area contributed by atoms with Gasteiger partial charge in [-0.2, -0.15) is 17.7 Å². The summed E-state index contributed by atoms with van der Waals surface area (Å²) in [5, 5.41) is 15.0. The van der Waals surface area contributed by atoms with Crippen molar-refractivity contribution in [2.24, 2.45) is 0 Å². The van der Waals surface area contributed by atoms with Gasteiger partial charge < -0.3 is 0 Å². The standard InChI is InChI=1S/C20H13F3N4O3S/c21-20(22,23)15-7-2-1-5-13(15)8-9-17-24-19-26(25-17)18(28)16(31-19)11-12-4-3-6-14(10-12)27(29)30/h1-7,10-11H,8-9H2/b16-11-. The van der Waals surface area contributed by atoms with E-state index >= 15 is 0 Å². The lowest BCUT2D eigenvalue weighted by atomic mass is 10.0. The summed E-state index contributed by atoms with van der Waals surface area (Å²) >= 11 is 1.05. The zero-order chi connectivity index (χ0) is 22.2. The second-order valence-electron chi connectivity index (χ2n) is 6.65. The number of rotatable bonds is 5. The highest BCUT2D eigenvalue weighted by molar-refractivity contribution is 7.15. The van der Waals surface area contributed by atoms with Gasteiger partial charge in [0, 0.05) is 18.6 Å². The first-order chi connectivity index (χ1) is 14.7. The molecule has 0 radical (unpaired) electrons. The number of thiazole rings is 1. The number of non-ortho nitro benzene ring substituents is 1. The van der Waals surface area contributed by atoms with E-state index in [9.17, 15) is 28.1 Å². The van der Waals surface area contributed by atoms with Crippen LogP contribution in [0.2, 0.25) is 0 Å². The molecule has 2 aromatic carbocycles. The second-order valence-corrected chi connectivity index (χ2v) is 7.65. The van der Waals surface area contributed by atoms with Gasteiger partial charge in [-0.15, -0.1) is 5.10 Å². The molecule has 7 nitrogen and oxygen atoms in total. The summed E-state index contributed by atoms with van der Waals surface area (Å²) in [6.07, 6.45) is -2.72. The summed E-state index contributed by atoms with van der Waals surface area (Å²) in [4.78, 5) is 27.5. The van der Waals surface area contributed by atoms with Gasteiger partial charge in [-0.1, -0.05) is 41.7 Å². The van der Waals surface area contributed by atoms with Gasteiger partial charge in [0.25, 0.3) is 11.2 Å². The van der Waals surface area contributed by atoms with E-state index in [0.29, 0.717) is 15.1 Å². The molecule has 0 saturated heterocycles. The minimum absolute atomic E-state index is 0.0778. The van der Waals surface area contributed by atoms with E-state index in [0.717, 1.165) is 21.9 Å². The summed E-state index contributed by atoms with van der Waals surface area (Å²) in [7, 11) is 0. The molecule has 0 atom stereocenters. The SMILES string of the molecule is O=c1/c(=C/c2cccc([N+](=O)[O-])c2)sc2nc(CCc3ccccc3C(F)(F)F)nn12. The highest BCUT2D eigenvalue weighted by Crippen LogP contribution is 2.32. The van der Waals surface area contributed by atoms with E-state index in [1.807, 2.05) is 0 Å². The lowest BCUT2D eigenvalue weighted by Crippen LogP contribution is -2.23. The molecule has 0 spiro atoms. The van der Waals surface area contributed by atoms with Crippen LogP contribution in [0.3, 0.4) is 0 Å². The first kappa shape index (κ1) is 20.7. The highest BCUT2D eigenvalue weighted by Gasteiger charge is 2.32. The number of hydrogen-bond acceptors (Lipinski definition) is 6. The van der Waals surface area contributed by atoms with Crippen molar-refractivity contribution in [2.75, 3.05) is 0 Å². The van der Waals surface area contributed by atoms with Crippen molar-refractivity contribution in [3.05, 3.63) is 96.0 Å². The fourth-order valence-electron chi connectivity index (χ4n) is 3.12. The number of hydrogen-bond donors (Lipinski definition) is 0. The molecular weight excluding hydrogens is 433 g/mol. The third-order valence-electron chi connectivity index (χ3n) is 4.55. The molecule has 0 aliphatic heterocycles. The van der Waals surface area contributed by atoms with Crippen LogP contribution in [0, 0.1) is 10.1 Å². The fraction of sp³-hybridized carbons (Fsp3) is 0.150. The van der Waals surface area contributed by atoms with E-state index < -0.39 is 22.2 Å². The average Bonchev–Trinajstić information content (AvgIpc) is 3.25. The Morgan fingerprint density at radius 1 is 1.13 bits per heavy atom. The smallest absolute Gasteiger partial charge is 0.266 e. The Balaban J connectivity index is 1.60. The molecular formula is C20H13F3N4O3S. The van der Waals surface area contributed by atoms with Crippen molar-refractivity contribution in [2.45, 2.75) is 19.0 Å². The van der Waals surface area contributed by atoms with Crippen LogP contribution in [0.1, 0.15) is 22.5 Å². The van der Waals surface area contributed by atoms with E-state index in [1.165, 1.54) is 42.5 Å². The number of nitro benzene ring substituents is 1. The molecule has 11 heteroatoms. The normalized spacial score (nSPS) is 12.5. The topological polar surface area (TPSA) is 90.4 Å². The van der Waals surface area contributed by atoms with Crippen molar-refractivity contribution in [1.29, 1.82) is 0 Å². The molecule has 0 saturated carbocycles. The summed E-state index contributed by atoms with van der Waals surface area (Å²) in [6, 6.07) is 11.1. The number of nitrogens with zero attached hydrogens (tertiary/aromatic N) is 4. The zero-order valence-electron chi connectivity index (χ0n) is 15.7. The maximum Gasteiger partial charge on any atom is 0.416 e. The molecule has 4 aromatic rings. The number of halogens is 3. The van der Waals surface area contributed by atoms with Gasteiger partial charge in [0.1, 0.15) is 0 Å². The van der Waals surface area contributed by atoms with Crippen LogP contribution in [0.4, 0.5) is 18.9 Å². The molecule has 0 aliphatic rings. The van der Waals surface area contributed by atoms with Crippen LogP contribution in [0.5, 0.6) is 0 Å². The molecule has 0 N–H and O–H groups in total. The van der Waals surface area contributed by atoms with E-state index in [4.69, 9.17) is 0 Å². The van der Waals surface area contributed by atoms with E-state index in [1.54, 1.807) is 6.07 Å². The average molecular weight is 446 g/mol. The highest BCUT2D eigenvalue weighted by atomic mass is 32.1. The second kappa shape index (κ2) is 7.91. The molecule has 4 rings (SSSR count). The van der Waals surface area contributed by atoms with E-state index in [-0.39, 0.29) is 29.9 Å². The predicted molar refractivity (Wildman–Crippen MR) is 108 cm³/mol. The number of benzene rings is 2. The van der Waals surface area contributed by atoms with Crippen LogP contribution in [0.15, 0.2) is 53.3 Å². The van der Waals surface area contributed by atoms with Gasteiger partial charge >= 0.3 is 6.18 Å². The van der Waals surface area contributed by atoms with Gasteiger partial charge in [-0.05, 0) is 29.7 Å². The molecule has 158 valence electrons. The molecule has 0 aliphatic carbocycles. The maximum atomic E-state index is 13.1. The van der Waals surface area contributed by atoms with Crippen LogP contribution in [-0.4, -0.2) is 19.5 Å². The molecule has 31 heavy (non-hydrogen) atoms. The van der Waals surface area contributed by atoms with E-state index in [2.05, 4.69) is 10.1 Å². The predicted octanol–water partition coefficient (Wildman–Crippen LogP) is 3.41. The minimum Gasteiger partial charge on any atom is -0.266 e. The van der Waals surface area contributed by atoms with Crippen molar-refractivity contribution in [1.82, 2.24) is 14.6 Å². The molecule has 2 aromatic heterocycles. The quantitative estimate of drug-likeness (QED) is 0.346. The first-order valence-electron chi connectivity index (χ1n) is 9.02. The molecule has 0 fully saturated rings. The summed E-state index contributed by atoms with van der Waals surface area (Å²) in [5.74, 6) is 0.266. The van der Waals surface area contributed by atoms with Crippen LogP contribution in [-0.2, 0) is 19.0 Å². The Morgan fingerprint density at radius 2 is 1.90 bits per heavy atom. The Morgan fingerprint density at radius 3 is 2.61 bits per heavy atom. The monoisotopic (exact) mass is 446 g/mol. The van der Waals surface area contributed by atoms with Gasteiger partial charge in [0.15, 0.2) is 5.82 Å². The molecule has 0 amide bonds. The van der Waals surface area contributed by atoms with Gasteiger partial charge in [0.2, 0.25) is 4.96 Å². The first-order valence-corrected chi connectivity index (χ1v) is 9.84. The summed E-state index contributed by atoms with van der Waals surface area (Å²) in [5.41, 5.74) is -0.618. The Kier molecular flexibility index (Phi) is 5.27. The van der Waals surface area contributed by atoms with Crippen LogP contribution >= 0.6 is 11.3 Å². The van der Waals surface area contributed by atoms with Gasteiger partial charge in [0.05, 0.1) is 15.0 Å². The Hall–Kier alpha value is -3.60. The minimum atomic E-state index is -4.45. The number of nitro groups is 1. The third-order valence-corrected chi connectivity index (χ3v) is 5.50. The molecule has 0 bridgehead atoms. The van der Waals surface area contributed by atoms with Crippen molar-refractivity contribution in [3.63, 3.8) is 0 Å². The number of aryl methyl sites for hydroxylation is 2. The van der Waals surface area contributed by atoms with Crippen molar-refractivity contribution >= 4 is 28.1 Å². The lowest BCUT2D eigenvalue weighted by Gasteiger charge is -2.11. The number of aromatic nitrogens is 3. The largest absolute Gasteiger partial charge is 0.416 e. The maximum absolute atomic E-state index is 13.1. The fourth-order valence-corrected chi connectivity index (χ4v) is 4.05. The van der Waals surface area contributed by atoms with Gasteiger partial charge in [-0.3, -0.25) is 14.9 Å². The summed E-state index contributed by atoms with van der Waals surface area (Å²) in [6.45, 7) is 0. The van der Waals surface area contributed by atoms with Crippen molar-refractivity contribution in [3.8, 4) is 0 Å².